The highest BCUT2D eigenvalue weighted by atomic mass is 19.4. The first kappa shape index (κ1) is 30.9. The molecule has 9 nitrogen and oxygen atoms in total. The summed E-state index contributed by atoms with van der Waals surface area (Å²) in [4.78, 5) is 25.2. The molecule has 0 radical (unpaired) electrons. The first-order valence-corrected chi connectivity index (χ1v) is 14.0. The number of anilines is 1. The second kappa shape index (κ2) is 11.7. The van der Waals surface area contributed by atoms with Gasteiger partial charge in [-0.2, -0.15) is 31.4 Å². The molecule has 240 valence electrons. The standard InChI is InChI=1S/C31H26F6N6O3/c1-17-28(19-12-20(30(32,33)34)14-21(13-19)31(35,36)37)46-29(44)43(17)15-24-22(5-7-27(40-24)42-8-3-9-42)23-10-18(4-6-25(23)45-2)11-26-38-16-39-41-26/h4-7,10,12-14,16,28H,1,3,8-9,11,15H2,2H3,(H,38,39,41)/t28-/m0/s1. The molecule has 1 N–H and O–H groups in total. The summed E-state index contributed by atoms with van der Waals surface area (Å²) in [6.45, 7) is 5.16. The summed E-state index contributed by atoms with van der Waals surface area (Å²) in [5.41, 5.74) is -1.22. The van der Waals surface area contributed by atoms with Gasteiger partial charge in [-0.1, -0.05) is 12.6 Å². The van der Waals surface area contributed by atoms with Gasteiger partial charge < -0.3 is 14.4 Å². The van der Waals surface area contributed by atoms with Crippen LogP contribution in [0.3, 0.4) is 0 Å². The number of nitrogens with one attached hydrogen (secondary N) is 1. The lowest BCUT2D eigenvalue weighted by Gasteiger charge is -2.32. The Labute approximate surface area is 258 Å². The summed E-state index contributed by atoms with van der Waals surface area (Å²) in [5.74, 6) is 1.78. The number of hydrogen-bond donors (Lipinski definition) is 1. The number of benzene rings is 2. The number of pyridine rings is 1. The molecule has 1 amide bonds. The summed E-state index contributed by atoms with van der Waals surface area (Å²) < 4.78 is 92.3. The van der Waals surface area contributed by atoms with Crippen molar-refractivity contribution < 1.29 is 40.6 Å². The second-order valence-corrected chi connectivity index (χ2v) is 10.8. The summed E-state index contributed by atoms with van der Waals surface area (Å²) in [6.07, 6.45) is -9.92. The van der Waals surface area contributed by atoms with E-state index in [1.807, 2.05) is 29.2 Å². The zero-order valence-corrected chi connectivity index (χ0v) is 24.2. The van der Waals surface area contributed by atoms with Crippen molar-refractivity contribution in [1.82, 2.24) is 25.1 Å². The fourth-order valence-corrected chi connectivity index (χ4v) is 5.36. The van der Waals surface area contributed by atoms with Gasteiger partial charge in [0.15, 0.2) is 6.10 Å². The third kappa shape index (κ3) is 6.08. The molecule has 1 atom stereocenters. The molecule has 0 aliphatic carbocycles. The zero-order chi connectivity index (χ0) is 32.8. The largest absolute Gasteiger partial charge is 0.496 e. The topological polar surface area (TPSA) is 96.5 Å². The van der Waals surface area contributed by atoms with Crippen molar-refractivity contribution in [3.63, 3.8) is 0 Å². The average molecular weight is 645 g/mol. The smallest absolute Gasteiger partial charge is 0.416 e. The molecule has 0 bridgehead atoms. The zero-order valence-electron chi connectivity index (χ0n) is 24.2. The minimum Gasteiger partial charge on any atom is -0.496 e. The third-order valence-corrected chi connectivity index (χ3v) is 7.84. The maximum absolute atomic E-state index is 13.6. The lowest BCUT2D eigenvalue weighted by atomic mass is 9.98. The van der Waals surface area contributed by atoms with Gasteiger partial charge in [0.25, 0.3) is 0 Å². The van der Waals surface area contributed by atoms with Crippen molar-refractivity contribution in [3.05, 3.63) is 101 Å². The van der Waals surface area contributed by atoms with Crippen molar-refractivity contribution in [2.45, 2.75) is 37.8 Å². The van der Waals surface area contributed by atoms with E-state index in [2.05, 4.69) is 21.8 Å². The van der Waals surface area contributed by atoms with E-state index in [0.29, 0.717) is 52.8 Å². The molecule has 4 heterocycles. The maximum atomic E-state index is 13.6. The molecule has 2 aromatic carbocycles. The fraction of sp³-hybridized carbons (Fsp3) is 0.290. The number of ether oxygens (including phenoxy) is 2. The van der Waals surface area contributed by atoms with Gasteiger partial charge in [-0.05, 0) is 60.0 Å². The quantitative estimate of drug-likeness (QED) is 0.208. The fourth-order valence-electron chi connectivity index (χ4n) is 5.36. The van der Waals surface area contributed by atoms with Crippen LogP contribution in [0.1, 0.15) is 46.3 Å². The number of alkyl halides is 6. The van der Waals surface area contributed by atoms with Crippen LogP contribution >= 0.6 is 0 Å². The van der Waals surface area contributed by atoms with Crippen LogP contribution in [-0.4, -0.2) is 51.4 Å². The Morgan fingerprint density at radius 1 is 1.00 bits per heavy atom. The summed E-state index contributed by atoms with van der Waals surface area (Å²) in [5, 5.41) is 6.69. The molecule has 15 heteroatoms. The number of aromatic nitrogens is 4. The molecule has 4 aromatic rings. The summed E-state index contributed by atoms with van der Waals surface area (Å²) in [7, 11) is 1.51. The van der Waals surface area contributed by atoms with Gasteiger partial charge in [0.05, 0.1) is 36.2 Å². The molecular formula is C31H26F6N6O3. The Hall–Kier alpha value is -5.08. The molecule has 2 fully saturated rings. The van der Waals surface area contributed by atoms with Gasteiger partial charge in [0.2, 0.25) is 0 Å². The first-order chi connectivity index (χ1) is 21.8. The van der Waals surface area contributed by atoms with Gasteiger partial charge >= 0.3 is 18.4 Å². The van der Waals surface area contributed by atoms with E-state index in [4.69, 9.17) is 14.5 Å². The third-order valence-electron chi connectivity index (χ3n) is 7.84. The minimum absolute atomic E-state index is 0.0161. The average Bonchev–Trinajstić information content (AvgIpc) is 3.59. The number of carbonyl (C=O) groups excluding carboxylic acids is 1. The Kier molecular flexibility index (Phi) is 7.86. The van der Waals surface area contributed by atoms with Gasteiger partial charge in [-0.25, -0.2) is 14.8 Å². The Morgan fingerprint density at radius 2 is 1.72 bits per heavy atom. The van der Waals surface area contributed by atoms with Crippen LogP contribution in [0.5, 0.6) is 5.75 Å². The maximum Gasteiger partial charge on any atom is 0.416 e. The first-order valence-electron chi connectivity index (χ1n) is 14.0. The number of rotatable bonds is 8. The lowest BCUT2D eigenvalue weighted by molar-refractivity contribution is -0.143. The highest BCUT2D eigenvalue weighted by molar-refractivity contribution is 5.77. The van der Waals surface area contributed by atoms with Crippen LogP contribution in [0.2, 0.25) is 0 Å². The number of hydrogen-bond acceptors (Lipinski definition) is 7. The second-order valence-electron chi connectivity index (χ2n) is 10.8. The number of halogens is 6. The molecule has 2 aliphatic heterocycles. The lowest BCUT2D eigenvalue weighted by Crippen LogP contribution is -2.37. The van der Waals surface area contributed by atoms with Crippen molar-refractivity contribution in [2.75, 3.05) is 25.1 Å². The molecule has 2 aliphatic rings. The highest BCUT2D eigenvalue weighted by Gasteiger charge is 2.42. The highest BCUT2D eigenvalue weighted by Crippen LogP contribution is 2.43. The summed E-state index contributed by atoms with van der Waals surface area (Å²) >= 11 is 0. The van der Waals surface area contributed by atoms with Crippen LogP contribution in [-0.2, 0) is 30.1 Å². The Bertz CT molecular complexity index is 1750. The molecular weight excluding hydrogens is 618 g/mol. The van der Waals surface area contributed by atoms with E-state index in [-0.39, 0.29) is 18.3 Å². The number of aromatic amines is 1. The van der Waals surface area contributed by atoms with E-state index in [9.17, 15) is 31.1 Å². The van der Waals surface area contributed by atoms with Crippen molar-refractivity contribution in [3.8, 4) is 16.9 Å². The Balaban J connectivity index is 1.38. The van der Waals surface area contributed by atoms with Crippen molar-refractivity contribution >= 4 is 11.9 Å². The number of methoxy groups -OCH3 is 1. The van der Waals surface area contributed by atoms with E-state index < -0.39 is 41.2 Å². The van der Waals surface area contributed by atoms with Crippen LogP contribution < -0.4 is 9.64 Å². The van der Waals surface area contributed by atoms with E-state index >= 15 is 0 Å². The van der Waals surface area contributed by atoms with Gasteiger partial charge in [-0.15, -0.1) is 0 Å². The van der Waals surface area contributed by atoms with Gasteiger partial charge in [0, 0.05) is 30.6 Å². The van der Waals surface area contributed by atoms with Crippen LogP contribution in [0.25, 0.3) is 11.1 Å². The van der Waals surface area contributed by atoms with E-state index in [1.54, 1.807) is 6.07 Å². The van der Waals surface area contributed by atoms with Crippen molar-refractivity contribution in [1.29, 1.82) is 0 Å². The van der Waals surface area contributed by atoms with Crippen molar-refractivity contribution in [2.24, 2.45) is 0 Å². The molecule has 0 saturated carbocycles. The summed E-state index contributed by atoms with van der Waals surface area (Å²) in [6, 6.07) is 10.3. The predicted molar refractivity (Wildman–Crippen MR) is 153 cm³/mol. The molecule has 0 spiro atoms. The number of amides is 1. The SMILES string of the molecule is C=C1[C@@H](c2cc(C(F)(F)F)cc(C(F)(F)F)c2)OC(=O)N1Cc1nc(N2CCC2)ccc1-c1cc(Cc2ncn[nH]2)ccc1OC. The molecule has 46 heavy (non-hydrogen) atoms. The monoisotopic (exact) mass is 644 g/mol. The van der Waals surface area contributed by atoms with Gasteiger partial charge in [-0.3, -0.25) is 10.00 Å². The van der Waals surface area contributed by atoms with E-state index in [1.165, 1.54) is 13.4 Å². The predicted octanol–water partition coefficient (Wildman–Crippen LogP) is 6.92. The van der Waals surface area contributed by atoms with E-state index in [0.717, 1.165) is 30.0 Å². The minimum atomic E-state index is -5.07. The van der Waals surface area contributed by atoms with Crippen LogP contribution in [0.15, 0.2) is 67.1 Å². The number of cyclic esters (lactones) is 1. The molecule has 6 rings (SSSR count). The number of H-pyrrole nitrogens is 1. The number of carbonyl (C=O) groups is 1. The van der Waals surface area contributed by atoms with Crippen LogP contribution in [0, 0.1) is 0 Å². The Morgan fingerprint density at radius 3 is 2.30 bits per heavy atom. The number of nitrogens with zero attached hydrogens (tertiary/aromatic N) is 5. The van der Waals surface area contributed by atoms with Gasteiger partial charge in [0.1, 0.15) is 23.7 Å². The molecule has 0 unspecified atom stereocenters. The van der Waals surface area contributed by atoms with Crippen LogP contribution in [0.4, 0.5) is 37.0 Å². The molecule has 2 aromatic heterocycles. The normalized spacial score (nSPS) is 16.9. The molecule has 2 saturated heterocycles.